The fourth-order valence-electron chi connectivity index (χ4n) is 2.46. The van der Waals surface area contributed by atoms with Crippen LogP contribution in [0.3, 0.4) is 0 Å². The average Bonchev–Trinajstić information content (AvgIpc) is 2.69. The Kier molecular flexibility index (Phi) is 5.61. The number of urea groups is 1. The van der Waals surface area contributed by atoms with Gasteiger partial charge in [0.15, 0.2) is 0 Å². The van der Waals surface area contributed by atoms with E-state index in [4.69, 9.17) is 4.74 Å². The van der Waals surface area contributed by atoms with Crippen LogP contribution in [0, 0.1) is 5.82 Å². The molecule has 1 atom stereocenters. The van der Waals surface area contributed by atoms with E-state index in [2.05, 4.69) is 15.3 Å². The van der Waals surface area contributed by atoms with Crippen LogP contribution < -0.4 is 10.1 Å². The van der Waals surface area contributed by atoms with Crippen LogP contribution in [0.25, 0.3) is 0 Å². The molecule has 0 aliphatic carbocycles. The molecule has 3 aromatic rings. The van der Waals surface area contributed by atoms with Gasteiger partial charge in [0.2, 0.25) is 0 Å². The maximum atomic E-state index is 13.9. The van der Waals surface area contributed by atoms with Crippen LogP contribution in [0.15, 0.2) is 67.0 Å². The van der Waals surface area contributed by atoms with Gasteiger partial charge in [-0.15, -0.1) is 0 Å². The molecule has 1 unspecified atom stereocenters. The molecule has 0 aliphatic heterocycles. The first-order chi connectivity index (χ1) is 13.0. The molecule has 0 saturated heterocycles. The number of carbonyl (C=O) groups excluding carboxylic acids is 1. The first kappa shape index (κ1) is 18.3. The van der Waals surface area contributed by atoms with Gasteiger partial charge >= 0.3 is 12.0 Å². The van der Waals surface area contributed by atoms with Gasteiger partial charge in [0.1, 0.15) is 11.6 Å². The van der Waals surface area contributed by atoms with Crippen LogP contribution in [-0.2, 0) is 0 Å². The van der Waals surface area contributed by atoms with Crippen molar-refractivity contribution in [1.82, 2.24) is 14.9 Å². The van der Waals surface area contributed by atoms with Crippen molar-refractivity contribution in [2.75, 3.05) is 12.4 Å². The molecular formula is C20H19FN4O2. The standard InChI is InChI=1S/C20H19FN4O2/c1-14(17-6-3-4-7-18(17)21)25(2)20(26)24-15-8-10-16(11-9-15)27-19-22-12-5-13-23-19/h3-14H,1-2H3,(H,24,26). The highest BCUT2D eigenvalue weighted by Gasteiger charge is 2.20. The van der Waals surface area contributed by atoms with E-state index in [0.29, 0.717) is 17.0 Å². The second-order valence-electron chi connectivity index (χ2n) is 5.90. The molecule has 2 aromatic carbocycles. The van der Waals surface area contributed by atoms with Gasteiger partial charge in [-0.05, 0) is 43.3 Å². The van der Waals surface area contributed by atoms with E-state index >= 15 is 0 Å². The molecule has 0 saturated carbocycles. The van der Waals surface area contributed by atoms with E-state index in [1.165, 1.54) is 11.0 Å². The number of hydrogen-bond donors (Lipinski definition) is 1. The Labute approximate surface area is 156 Å². The summed E-state index contributed by atoms with van der Waals surface area (Å²) >= 11 is 0. The van der Waals surface area contributed by atoms with Gasteiger partial charge in [0, 0.05) is 30.7 Å². The smallest absolute Gasteiger partial charge is 0.322 e. The number of ether oxygens (including phenoxy) is 1. The molecule has 7 heteroatoms. The van der Waals surface area contributed by atoms with Gasteiger partial charge in [-0.1, -0.05) is 18.2 Å². The third kappa shape index (κ3) is 4.58. The lowest BCUT2D eigenvalue weighted by atomic mass is 10.1. The minimum atomic E-state index is -0.413. The molecule has 27 heavy (non-hydrogen) atoms. The topological polar surface area (TPSA) is 67.4 Å². The van der Waals surface area contributed by atoms with Gasteiger partial charge < -0.3 is 15.0 Å². The molecule has 138 valence electrons. The lowest BCUT2D eigenvalue weighted by Gasteiger charge is -2.26. The van der Waals surface area contributed by atoms with Crippen molar-refractivity contribution < 1.29 is 13.9 Å². The van der Waals surface area contributed by atoms with Gasteiger partial charge in [-0.2, -0.15) is 0 Å². The summed E-state index contributed by atoms with van der Waals surface area (Å²) < 4.78 is 19.4. The van der Waals surface area contributed by atoms with Crippen molar-refractivity contribution in [3.05, 3.63) is 78.4 Å². The average molecular weight is 366 g/mol. The summed E-state index contributed by atoms with van der Waals surface area (Å²) in [6.45, 7) is 1.77. The summed E-state index contributed by atoms with van der Waals surface area (Å²) in [6, 6.07) is 14.4. The molecule has 1 heterocycles. The Morgan fingerprint density at radius 3 is 2.41 bits per heavy atom. The fraction of sp³-hybridized carbons (Fsp3) is 0.150. The normalized spacial score (nSPS) is 11.5. The fourth-order valence-corrected chi connectivity index (χ4v) is 2.46. The maximum Gasteiger partial charge on any atom is 0.322 e. The molecule has 0 radical (unpaired) electrons. The molecule has 0 fully saturated rings. The van der Waals surface area contributed by atoms with Crippen molar-refractivity contribution >= 4 is 11.7 Å². The molecule has 6 nitrogen and oxygen atoms in total. The number of rotatable bonds is 5. The summed E-state index contributed by atoms with van der Waals surface area (Å²) in [4.78, 5) is 21.9. The van der Waals surface area contributed by atoms with Crippen molar-refractivity contribution in [2.24, 2.45) is 0 Å². The maximum absolute atomic E-state index is 13.9. The Morgan fingerprint density at radius 1 is 1.07 bits per heavy atom. The minimum absolute atomic E-state index is 0.243. The van der Waals surface area contributed by atoms with Gasteiger partial charge in [-0.3, -0.25) is 0 Å². The zero-order valence-electron chi connectivity index (χ0n) is 15.0. The first-order valence-corrected chi connectivity index (χ1v) is 8.38. The van der Waals surface area contributed by atoms with Gasteiger partial charge in [0.25, 0.3) is 0 Å². The van der Waals surface area contributed by atoms with Crippen LogP contribution >= 0.6 is 0 Å². The highest BCUT2D eigenvalue weighted by molar-refractivity contribution is 5.89. The summed E-state index contributed by atoms with van der Waals surface area (Å²) in [7, 11) is 1.62. The lowest BCUT2D eigenvalue weighted by molar-refractivity contribution is 0.207. The zero-order valence-corrected chi connectivity index (χ0v) is 15.0. The number of aromatic nitrogens is 2. The number of hydrogen-bond acceptors (Lipinski definition) is 4. The number of nitrogens with one attached hydrogen (secondary N) is 1. The number of benzene rings is 2. The van der Waals surface area contributed by atoms with Gasteiger partial charge in [0.05, 0.1) is 6.04 Å². The third-order valence-corrected chi connectivity index (χ3v) is 4.11. The van der Waals surface area contributed by atoms with Crippen LogP contribution in [0.2, 0.25) is 0 Å². The molecule has 3 rings (SSSR count). The van der Waals surface area contributed by atoms with Crippen LogP contribution in [0.5, 0.6) is 11.8 Å². The second-order valence-corrected chi connectivity index (χ2v) is 5.90. The SMILES string of the molecule is CC(c1ccccc1F)N(C)C(=O)Nc1ccc(Oc2ncccn2)cc1. The highest BCUT2D eigenvalue weighted by atomic mass is 19.1. The molecule has 0 spiro atoms. The van der Waals surface area contributed by atoms with Crippen molar-refractivity contribution in [1.29, 1.82) is 0 Å². The number of amides is 2. The second kappa shape index (κ2) is 8.27. The Morgan fingerprint density at radius 2 is 1.74 bits per heavy atom. The Balaban J connectivity index is 1.62. The summed E-state index contributed by atoms with van der Waals surface area (Å²) in [6.07, 6.45) is 3.17. The summed E-state index contributed by atoms with van der Waals surface area (Å²) in [5.41, 5.74) is 1.05. The summed E-state index contributed by atoms with van der Waals surface area (Å²) in [5, 5.41) is 2.78. The number of nitrogens with zero attached hydrogens (tertiary/aromatic N) is 3. The number of halogens is 1. The van der Waals surface area contributed by atoms with E-state index in [-0.39, 0.29) is 17.9 Å². The van der Waals surface area contributed by atoms with E-state index in [9.17, 15) is 9.18 Å². The predicted octanol–water partition coefficient (Wildman–Crippen LogP) is 4.63. The molecule has 1 N–H and O–H groups in total. The largest absolute Gasteiger partial charge is 0.424 e. The predicted molar refractivity (Wildman–Crippen MR) is 100 cm³/mol. The third-order valence-electron chi connectivity index (χ3n) is 4.11. The zero-order chi connectivity index (χ0) is 19.2. The van der Waals surface area contributed by atoms with E-state index in [0.717, 1.165) is 0 Å². The highest BCUT2D eigenvalue weighted by Crippen LogP contribution is 2.23. The Bertz CT molecular complexity index is 903. The molecule has 1 aromatic heterocycles. The van der Waals surface area contributed by atoms with E-state index < -0.39 is 6.04 Å². The number of carbonyl (C=O) groups is 1. The number of anilines is 1. The van der Waals surface area contributed by atoms with Crippen molar-refractivity contribution in [2.45, 2.75) is 13.0 Å². The van der Waals surface area contributed by atoms with Crippen LogP contribution in [0.4, 0.5) is 14.9 Å². The minimum Gasteiger partial charge on any atom is -0.424 e. The van der Waals surface area contributed by atoms with E-state index in [1.54, 1.807) is 74.9 Å². The van der Waals surface area contributed by atoms with Crippen LogP contribution in [0.1, 0.15) is 18.5 Å². The quantitative estimate of drug-likeness (QED) is 0.715. The molecular weight excluding hydrogens is 347 g/mol. The van der Waals surface area contributed by atoms with E-state index in [1.807, 2.05) is 0 Å². The van der Waals surface area contributed by atoms with Gasteiger partial charge in [-0.25, -0.2) is 19.2 Å². The molecule has 2 amide bonds. The van der Waals surface area contributed by atoms with Crippen molar-refractivity contribution in [3.63, 3.8) is 0 Å². The monoisotopic (exact) mass is 366 g/mol. The van der Waals surface area contributed by atoms with Crippen LogP contribution in [-0.4, -0.2) is 27.9 Å². The molecule has 0 bridgehead atoms. The lowest BCUT2D eigenvalue weighted by Crippen LogP contribution is -2.33. The molecule has 0 aliphatic rings. The summed E-state index contributed by atoms with van der Waals surface area (Å²) in [5.74, 6) is 0.210. The Hall–Kier alpha value is -3.48. The van der Waals surface area contributed by atoms with Crippen molar-refractivity contribution in [3.8, 4) is 11.8 Å². The first-order valence-electron chi connectivity index (χ1n) is 8.38.